The number of pyridine rings is 2. The van der Waals surface area contributed by atoms with Gasteiger partial charge in [0.2, 0.25) is 0 Å². The third-order valence-electron chi connectivity index (χ3n) is 9.85. The van der Waals surface area contributed by atoms with Crippen LogP contribution < -0.4 is 0 Å². The predicted octanol–water partition coefficient (Wildman–Crippen LogP) is 11.9. The van der Waals surface area contributed by atoms with Crippen molar-refractivity contribution in [3.63, 3.8) is 0 Å². The van der Waals surface area contributed by atoms with E-state index >= 15 is 0 Å². The maximum absolute atomic E-state index is 11.8. The van der Waals surface area contributed by atoms with Crippen molar-refractivity contribution in [1.29, 1.82) is 0 Å². The Morgan fingerprint density at radius 3 is 2.12 bits per heavy atom. The molecule has 5 heteroatoms. The monoisotopic (exact) mass is 655 g/mol. The first-order valence-electron chi connectivity index (χ1n) is 17.2. The highest BCUT2D eigenvalue weighted by molar-refractivity contribution is 6.09. The molecular formula is C45H41N3O2. The summed E-state index contributed by atoms with van der Waals surface area (Å²) in [5.74, 6) is 0.289. The number of fused-ring (bicyclic) bond motifs is 4. The highest BCUT2D eigenvalue weighted by atomic mass is 16.3. The van der Waals surface area contributed by atoms with Crippen LogP contribution in [0.2, 0.25) is 0 Å². The van der Waals surface area contributed by atoms with Crippen molar-refractivity contribution in [2.75, 3.05) is 0 Å². The molecule has 248 valence electrons. The van der Waals surface area contributed by atoms with Crippen LogP contribution in [0.3, 0.4) is 0 Å². The molecule has 4 aromatic heterocycles. The summed E-state index contributed by atoms with van der Waals surface area (Å²) in [5, 5.41) is 13.9. The summed E-state index contributed by atoms with van der Waals surface area (Å²) in [6.45, 7) is 15.1. The number of benzene rings is 4. The van der Waals surface area contributed by atoms with Gasteiger partial charge in [-0.05, 0) is 88.5 Å². The standard InChI is InChI=1S/C45H41N3O2/c1-27-39(36-25-32(44(2,3)4)26-37(41(36)49)45(5,6)7)47-43-33(17-13-21-48(27)43)30-22-29(28-14-9-8-10-15-28)23-31(24-30)40-42-35(19-20-46-40)34-16-11-12-18-38(34)50-42/h8-26,49H,1-7H3. The summed E-state index contributed by atoms with van der Waals surface area (Å²) < 4.78 is 8.58. The van der Waals surface area contributed by atoms with Crippen LogP contribution in [0, 0.1) is 6.92 Å². The predicted molar refractivity (Wildman–Crippen MR) is 206 cm³/mol. The normalized spacial score (nSPS) is 12.4. The number of aryl methyl sites for hydroxylation is 1. The first kappa shape index (κ1) is 31.6. The molecule has 0 saturated carbocycles. The number of aromatic hydroxyl groups is 1. The molecule has 0 saturated heterocycles. The van der Waals surface area contributed by atoms with Crippen molar-refractivity contribution in [2.24, 2.45) is 0 Å². The Morgan fingerprint density at radius 1 is 0.640 bits per heavy atom. The molecule has 0 aliphatic rings. The number of rotatable bonds is 4. The van der Waals surface area contributed by atoms with Gasteiger partial charge < -0.3 is 13.9 Å². The Labute approximate surface area is 292 Å². The van der Waals surface area contributed by atoms with Gasteiger partial charge >= 0.3 is 0 Å². The highest BCUT2D eigenvalue weighted by Crippen LogP contribution is 2.44. The smallest absolute Gasteiger partial charge is 0.161 e. The Balaban J connectivity index is 1.37. The quantitative estimate of drug-likeness (QED) is 0.205. The van der Waals surface area contributed by atoms with Gasteiger partial charge in [-0.2, -0.15) is 0 Å². The van der Waals surface area contributed by atoms with Gasteiger partial charge in [-0.3, -0.25) is 4.98 Å². The lowest BCUT2D eigenvalue weighted by Crippen LogP contribution is -2.17. The largest absolute Gasteiger partial charge is 0.507 e. The highest BCUT2D eigenvalue weighted by Gasteiger charge is 2.28. The van der Waals surface area contributed by atoms with E-state index in [1.807, 2.05) is 36.5 Å². The number of para-hydroxylation sites is 1. The summed E-state index contributed by atoms with van der Waals surface area (Å²) in [5.41, 5.74) is 12.6. The van der Waals surface area contributed by atoms with E-state index in [1.54, 1.807) is 0 Å². The molecule has 0 spiro atoms. The lowest BCUT2D eigenvalue weighted by Gasteiger charge is -2.27. The number of phenols is 1. The maximum Gasteiger partial charge on any atom is 0.161 e. The van der Waals surface area contributed by atoms with Crippen molar-refractivity contribution in [2.45, 2.75) is 59.3 Å². The molecule has 0 fully saturated rings. The van der Waals surface area contributed by atoms with Gasteiger partial charge in [-0.25, -0.2) is 4.98 Å². The average Bonchev–Trinajstić information content (AvgIpc) is 3.65. The van der Waals surface area contributed by atoms with E-state index in [0.29, 0.717) is 0 Å². The van der Waals surface area contributed by atoms with Crippen LogP contribution in [0.4, 0.5) is 0 Å². The minimum atomic E-state index is -0.247. The Hall–Kier alpha value is -5.68. The van der Waals surface area contributed by atoms with Crippen LogP contribution >= 0.6 is 0 Å². The number of hydrogen-bond donors (Lipinski definition) is 1. The summed E-state index contributed by atoms with van der Waals surface area (Å²) in [4.78, 5) is 10.2. The fourth-order valence-electron chi connectivity index (χ4n) is 7.06. The van der Waals surface area contributed by atoms with E-state index in [0.717, 1.165) is 83.6 Å². The minimum absolute atomic E-state index is 0.105. The SMILES string of the molecule is Cc1c(-c2cc(C(C)(C)C)cc(C(C)(C)C)c2O)nc2c(-c3cc(-c4ccccc4)cc(-c4nccc5c4oc4ccccc45)c3)cccn12. The second-order valence-electron chi connectivity index (χ2n) is 15.4. The van der Waals surface area contributed by atoms with Crippen molar-refractivity contribution < 1.29 is 9.52 Å². The van der Waals surface area contributed by atoms with Crippen LogP contribution in [0.1, 0.15) is 58.4 Å². The molecular weight excluding hydrogens is 615 g/mol. The maximum atomic E-state index is 11.8. The molecule has 8 aromatic rings. The average molecular weight is 656 g/mol. The van der Waals surface area contributed by atoms with Crippen LogP contribution in [-0.4, -0.2) is 19.5 Å². The molecule has 0 bridgehead atoms. The Bertz CT molecular complexity index is 2580. The van der Waals surface area contributed by atoms with Gasteiger partial charge in [0, 0.05) is 51.1 Å². The van der Waals surface area contributed by atoms with Crippen LogP contribution in [0.5, 0.6) is 5.75 Å². The van der Waals surface area contributed by atoms with Gasteiger partial charge in [0.25, 0.3) is 0 Å². The summed E-state index contributed by atoms with van der Waals surface area (Å²) in [7, 11) is 0. The van der Waals surface area contributed by atoms with Crippen LogP contribution in [-0.2, 0) is 10.8 Å². The molecule has 1 N–H and O–H groups in total. The molecule has 0 amide bonds. The number of furan rings is 1. The van der Waals surface area contributed by atoms with Gasteiger partial charge in [-0.1, -0.05) is 96.1 Å². The zero-order valence-corrected chi connectivity index (χ0v) is 29.7. The number of phenolic OH excluding ortho intramolecular Hbond substituents is 1. The topological polar surface area (TPSA) is 63.6 Å². The third-order valence-corrected chi connectivity index (χ3v) is 9.85. The minimum Gasteiger partial charge on any atom is -0.507 e. The number of imidazole rings is 1. The fraction of sp³-hybridized carbons (Fsp3) is 0.200. The van der Waals surface area contributed by atoms with Crippen molar-refractivity contribution in [3.05, 3.63) is 132 Å². The van der Waals surface area contributed by atoms with Gasteiger partial charge in [-0.15, -0.1) is 0 Å². The number of aromatic nitrogens is 3. The molecule has 0 atom stereocenters. The molecule has 0 aliphatic heterocycles. The summed E-state index contributed by atoms with van der Waals surface area (Å²) in [6.07, 6.45) is 3.92. The van der Waals surface area contributed by atoms with Crippen molar-refractivity contribution in [3.8, 4) is 50.5 Å². The molecule has 8 rings (SSSR count). The lowest BCUT2D eigenvalue weighted by molar-refractivity contribution is 0.446. The third kappa shape index (κ3) is 5.25. The van der Waals surface area contributed by atoms with Gasteiger partial charge in [0.05, 0.1) is 5.69 Å². The first-order valence-corrected chi connectivity index (χ1v) is 17.2. The zero-order valence-electron chi connectivity index (χ0n) is 29.7. The Morgan fingerprint density at radius 2 is 1.36 bits per heavy atom. The van der Waals surface area contributed by atoms with E-state index < -0.39 is 0 Å². The van der Waals surface area contributed by atoms with Crippen molar-refractivity contribution >= 4 is 27.6 Å². The van der Waals surface area contributed by atoms with E-state index in [-0.39, 0.29) is 16.6 Å². The fourth-order valence-corrected chi connectivity index (χ4v) is 7.06. The van der Waals surface area contributed by atoms with E-state index in [9.17, 15) is 5.11 Å². The second-order valence-corrected chi connectivity index (χ2v) is 15.4. The second kappa shape index (κ2) is 11.4. The van der Waals surface area contributed by atoms with E-state index in [2.05, 4.69) is 132 Å². The van der Waals surface area contributed by atoms with Crippen LogP contribution in [0.15, 0.2) is 120 Å². The first-order chi connectivity index (χ1) is 23.9. The molecule has 0 unspecified atom stereocenters. The molecule has 50 heavy (non-hydrogen) atoms. The number of hydrogen-bond acceptors (Lipinski definition) is 4. The Kier molecular flexibility index (Phi) is 7.23. The van der Waals surface area contributed by atoms with Gasteiger partial charge in [0.15, 0.2) is 5.58 Å². The zero-order chi connectivity index (χ0) is 34.9. The molecule has 5 nitrogen and oxygen atoms in total. The van der Waals surface area contributed by atoms with E-state index in [4.69, 9.17) is 14.4 Å². The number of nitrogens with zero attached hydrogens (tertiary/aromatic N) is 3. The lowest BCUT2D eigenvalue weighted by atomic mass is 9.78. The van der Waals surface area contributed by atoms with Gasteiger partial charge in [0.1, 0.15) is 22.7 Å². The molecule has 0 radical (unpaired) electrons. The molecule has 0 aliphatic carbocycles. The van der Waals surface area contributed by atoms with Crippen LogP contribution in [0.25, 0.3) is 72.4 Å². The summed E-state index contributed by atoms with van der Waals surface area (Å²) in [6, 6.07) is 35.7. The van der Waals surface area contributed by atoms with E-state index in [1.165, 1.54) is 5.56 Å². The molecule has 4 aromatic carbocycles. The van der Waals surface area contributed by atoms with Crippen molar-refractivity contribution in [1.82, 2.24) is 14.4 Å². The molecule has 4 heterocycles. The summed E-state index contributed by atoms with van der Waals surface area (Å²) >= 11 is 0.